The fraction of sp³-hybridized carbons (Fsp3) is 0.222. The molecule has 1 aliphatic carbocycles. The van der Waals surface area contributed by atoms with Crippen LogP contribution in [0.5, 0.6) is 0 Å². The molecule has 0 amide bonds. The van der Waals surface area contributed by atoms with Gasteiger partial charge in [-0.3, -0.25) is 0 Å². The Kier molecular flexibility index (Phi) is 8.99. The van der Waals surface area contributed by atoms with Crippen LogP contribution in [0, 0.1) is 12.1 Å². The van der Waals surface area contributed by atoms with Crippen LogP contribution in [0.15, 0.2) is 102 Å². The Balaban J connectivity index is 0.000000168. The summed E-state index contributed by atoms with van der Waals surface area (Å²) in [4.78, 5) is 8.89. The zero-order chi connectivity index (χ0) is 27.5. The number of hydrogen-bond donors (Lipinski definition) is 0. The maximum absolute atomic E-state index is 6.15. The van der Waals surface area contributed by atoms with E-state index in [1.54, 1.807) is 6.20 Å². The molecule has 0 atom stereocenters. The van der Waals surface area contributed by atoms with Crippen molar-refractivity contribution in [1.29, 1.82) is 0 Å². The summed E-state index contributed by atoms with van der Waals surface area (Å²) in [6.45, 7) is 7.09. The molecule has 3 heterocycles. The number of rotatable bonds is 4. The molecule has 6 aromatic rings. The number of furan rings is 1. The molecular weight excluding hydrogens is 697 g/mol. The molecule has 0 unspecified atom stereocenters. The van der Waals surface area contributed by atoms with Crippen molar-refractivity contribution < 1.29 is 24.5 Å². The molecular formula is C36H34IrN2OSi-2. The van der Waals surface area contributed by atoms with Crippen LogP contribution < -0.4 is 5.19 Å². The first kappa shape index (κ1) is 29.1. The molecule has 1 aliphatic rings. The van der Waals surface area contributed by atoms with E-state index in [1.807, 2.05) is 48.7 Å². The van der Waals surface area contributed by atoms with Crippen molar-refractivity contribution >= 4 is 35.2 Å². The van der Waals surface area contributed by atoms with Crippen molar-refractivity contribution in [3.05, 3.63) is 115 Å². The monoisotopic (exact) mass is 731 g/mol. The molecule has 1 saturated carbocycles. The second kappa shape index (κ2) is 12.6. The van der Waals surface area contributed by atoms with Gasteiger partial charge in [0.05, 0.1) is 13.7 Å². The Morgan fingerprint density at radius 2 is 1.56 bits per heavy atom. The zero-order valence-electron chi connectivity index (χ0n) is 23.8. The molecule has 0 spiro atoms. The van der Waals surface area contributed by atoms with Gasteiger partial charge in [-0.25, -0.2) is 0 Å². The van der Waals surface area contributed by atoms with E-state index in [0.717, 1.165) is 45.0 Å². The Morgan fingerprint density at radius 3 is 2.29 bits per heavy atom. The number of hydrogen-bond acceptors (Lipinski definition) is 3. The molecule has 3 aromatic carbocycles. The third-order valence-corrected chi connectivity index (χ3v) is 9.86. The maximum atomic E-state index is 6.15. The van der Waals surface area contributed by atoms with Gasteiger partial charge in [0.1, 0.15) is 5.58 Å². The molecule has 0 N–H and O–H groups in total. The first-order chi connectivity index (χ1) is 19.5. The van der Waals surface area contributed by atoms with Crippen molar-refractivity contribution in [3.63, 3.8) is 0 Å². The van der Waals surface area contributed by atoms with Gasteiger partial charge >= 0.3 is 0 Å². The molecule has 209 valence electrons. The molecule has 1 radical (unpaired) electrons. The predicted molar refractivity (Wildman–Crippen MR) is 168 cm³/mol. The van der Waals surface area contributed by atoms with E-state index in [4.69, 9.17) is 4.42 Å². The minimum Gasteiger partial charge on any atom is -0.501 e. The normalized spacial score (nSPS) is 13.5. The number of fused-ring (bicyclic) bond motifs is 3. The first-order valence-corrected chi connectivity index (χ1v) is 17.7. The van der Waals surface area contributed by atoms with E-state index in [-0.39, 0.29) is 20.1 Å². The molecule has 5 heteroatoms. The second-order valence-electron chi connectivity index (χ2n) is 11.6. The fourth-order valence-corrected chi connectivity index (χ4v) is 6.73. The average molecular weight is 731 g/mol. The van der Waals surface area contributed by atoms with Crippen LogP contribution in [0.1, 0.15) is 37.2 Å². The van der Waals surface area contributed by atoms with Crippen LogP contribution in [0.2, 0.25) is 19.6 Å². The molecule has 0 bridgehead atoms. The number of aromatic nitrogens is 2. The van der Waals surface area contributed by atoms with Crippen molar-refractivity contribution in [1.82, 2.24) is 9.97 Å². The Bertz CT molecular complexity index is 1740. The van der Waals surface area contributed by atoms with Crippen LogP contribution in [-0.4, -0.2) is 18.0 Å². The standard InChI is InChI=1S/C20H18NOSi.C16H16N.Ir/c1-23(2,3)14-10-11-19-17(13-14)15-7-6-8-16(20(15)22-19)18-9-4-5-12-21-18;1-2-8-14(9-3-1)16-12-15(10-11-17-16)13-6-4-5-7-13;/h4-7,9-13H,1-3H3;1-3,8,10-13H,4-7H2;/q2*-1;. The van der Waals surface area contributed by atoms with Gasteiger partial charge in [-0.1, -0.05) is 84.5 Å². The number of benzene rings is 3. The Hall–Kier alpha value is -3.37. The quantitative estimate of drug-likeness (QED) is 0.134. The van der Waals surface area contributed by atoms with Gasteiger partial charge in [-0.05, 0) is 48.3 Å². The summed E-state index contributed by atoms with van der Waals surface area (Å²) in [5.74, 6) is 0.750. The molecule has 0 saturated heterocycles. The van der Waals surface area contributed by atoms with Crippen molar-refractivity contribution in [2.24, 2.45) is 0 Å². The zero-order valence-corrected chi connectivity index (χ0v) is 27.2. The number of pyridine rings is 2. The van der Waals surface area contributed by atoms with Gasteiger partial charge in [0.15, 0.2) is 0 Å². The van der Waals surface area contributed by atoms with E-state index >= 15 is 0 Å². The van der Waals surface area contributed by atoms with Crippen LogP contribution >= 0.6 is 0 Å². The summed E-state index contributed by atoms with van der Waals surface area (Å²) in [5.41, 5.74) is 7.20. The summed E-state index contributed by atoms with van der Waals surface area (Å²) >= 11 is 0. The first-order valence-electron chi connectivity index (χ1n) is 14.2. The largest absolute Gasteiger partial charge is 0.501 e. The van der Waals surface area contributed by atoms with E-state index in [1.165, 1.54) is 41.8 Å². The van der Waals surface area contributed by atoms with Crippen LogP contribution in [0.25, 0.3) is 44.5 Å². The van der Waals surface area contributed by atoms with E-state index < -0.39 is 8.07 Å². The molecule has 7 rings (SSSR count). The van der Waals surface area contributed by atoms with Gasteiger partial charge in [-0.15, -0.1) is 54.1 Å². The van der Waals surface area contributed by atoms with Crippen molar-refractivity contribution in [3.8, 4) is 22.5 Å². The molecule has 1 fully saturated rings. The molecule has 3 aromatic heterocycles. The minimum atomic E-state index is -1.35. The average Bonchev–Trinajstić information content (AvgIpc) is 3.66. The third-order valence-electron chi connectivity index (χ3n) is 7.81. The smallest absolute Gasteiger partial charge is 0.120 e. The van der Waals surface area contributed by atoms with Crippen LogP contribution in [-0.2, 0) is 20.1 Å². The molecule has 3 nitrogen and oxygen atoms in total. The topological polar surface area (TPSA) is 38.9 Å². The summed E-state index contributed by atoms with van der Waals surface area (Å²) < 4.78 is 6.15. The van der Waals surface area contributed by atoms with E-state index in [0.29, 0.717) is 0 Å². The number of nitrogens with zero attached hydrogens (tertiary/aromatic N) is 2. The second-order valence-corrected chi connectivity index (χ2v) is 16.7. The predicted octanol–water partition coefficient (Wildman–Crippen LogP) is 9.20. The Labute approximate surface area is 257 Å². The van der Waals surface area contributed by atoms with E-state index in [9.17, 15) is 0 Å². The summed E-state index contributed by atoms with van der Waals surface area (Å²) in [6.07, 6.45) is 9.15. The van der Waals surface area contributed by atoms with Crippen LogP contribution in [0.3, 0.4) is 0 Å². The van der Waals surface area contributed by atoms with Gasteiger partial charge < -0.3 is 14.4 Å². The summed E-state index contributed by atoms with van der Waals surface area (Å²) in [6, 6.07) is 35.5. The maximum Gasteiger partial charge on any atom is 0.120 e. The van der Waals surface area contributed by atoms with Gasteiger partial charge in [0, 0.05) is 37.9 Å². The van der Waals surface area contributed by atoms with Gasteiger partial charge in [-0.2, -0.15) is 0 Å². The third kappa shape index (κ3) is 6.43. The van der Waals surface area contributed by atoms with E-state index in [2.05, 4.69) is 84.2 Å². The Morgan fingerprint density at radius 1 is 0.756 bits per heavy atom. The summed E-state index contributed by atoms with van der Waals surface area (Å²) in [7, 11) is -1.35. The van der Waals surface area contributed by atoms with Gasteiger partial charge in [0.25, 0.3) is 0 Å². The van der Waals surface area contributed by atoms with Crippen molar-refractivity contribution in [2.45, 2.75) is 51.2 Å². The molecule has 41 heavy (non-hydrogen) atoms. The van der Waals surface area contributed by atoms with Crippen LogP contribution in [0.4, 0.5) is 0 Å². The van der Waals surface area contributed by atoms with Crippen molar-refractivity contribution in [2.75, 3.05) is 0 Å². The van der Waals surface area contributed by atoms with Gasteiger partial charge in [0.2, 0.25) is 0 Å². The SMILES string of the molecule is C[Si](C)(C)c1ccc2oc3c(-c4ccccn4)[c-]ccc3c2c1.[Ir].[c-]1ccccc1-c1cc(C2CCCC2)ccn1. The minimum absolute atomic E-state index is 0. The summed E-state index contributed by atoms with van der Waals surface area (Å²) in [5, 5.41) is 3.77. The molecule has 0 aliphatic heterocycles. The fourth-order valence-electron chi connectivity index (χ4n) is 5.57.